The lowest BCUT2D eigenvalue weighted by atomic mass is 9.77. The van der Waals surface area contributed by atoms with Crippen LogP contribution in [0.5, 0.6) is 5.75 Å². The molecule has 0 saturated carbocycles. The van der Waals surface area contributed by atoms with Crippen LogP contribution in [0.1, 0.15) is 40.2 Å². The van der Waals surface area contributed by atoms with Gasteiger partial charge >= 0.3 is 7.12 Å². The molecule has 114 valence electrons. The van der Waals surface area contributed by atoms with Gasteiger partial charge in [0.25, 0.3) is 0 Å². The summed E-state index contributed by atoms with van der Waals surface area (Å²) in [6.45, 7) is 10.5. The number of ether oxygens (including phenoxy) is 1. The molecular weight excluding hydrogens is 270 g/mol. The van der Waals surface area contributed by atoms with Gasteiger partial charge in [-0.2, -0.15) is 0 Å². The first-order valence-corrected chi connectivity index (χ1v) is 7.51. The van der Waals surface area contributed by atoms with E-state index in [-0.39, 0.29) is 5.82 Å². The maximum atomic E-state index is 14.8. The van der Waals surface area contributed by atoms with E-state index >= 15 is 0 Å². The van der Waals surface area contributed by atoms with Gasteiger partial charge in [-0.15, -0.1) is 0 Å². The summed E-state index contributed by atoms with van der Waals surface area (Å²) in [6, 6.07) is 3.69. The lowest BCUT2D eigenvalue weighted by molar-refractivity contribution is 0.00578. The molecule has 0 radical (unpaired) electrons. The van der Waals surface area contributed by atoms with Crippen LogP contribution < -0.4 is 10.2 Å². The van der Waals surface area contributed by atoms with Gasteiger partial charge in [-0.1, -0.05) is 19.1 Å². The summed E-state index contributed by atoms with van der Waals surface area (Å²) < 4.78 is 32.2. The first-order chi connectivity index (χ1) is 9.71. The van der Waals surface area contributed by atoms with E-state index in [2.05, 4.69) is 6.92 Å². The Morgan fingerprint density at radius 1 is 1.14 bits per heavy atom. The SMILES string of the molecule is CC1COc2c(ccc(B3OC(C)(C)C(C)(C)O3)c2F)C1. The Hall–Kier alpha value is -1.07. The van der Waals surface area contributed by atoms with Crippen molar-refractivity contribution in [2.75, 3.05) is 6.61 Å². The third-order valence-corrected chi connectivity index (χ3v) is 4.80. The molecular formula is C16H22BFO3. The average Bonchev–Trinajstić information content (AvgIpc) is 2.58. The van der Waals surface area contributed by atoms with E-state index in [4.69, 9.17) is 14.0 Å². The van der Waals surface area contributed by atoms with Gasteiger partial charge in [0.1, 0.15) is 0 Å². The zero-order valence-electron chi connectivity index (χ0n) is 13.3. The van der Waals surface area contributed by atoms with Crippen LogP contribution in [0.4, 0.5) is 4.39 Å². The van der Waals surface area contributed by atoms with E-state index < -0.39 is 18.3 Å². The Morgan fingerprint density at radius 3 is 2.38 bits per heavy atom. The Kier molecular flexibility index (Phi) is 3.34. The van der Waals surface area contributed by atoms with Crippen molar-refractivity contribution >= 4 is 12.6 Å². The van der Waals surface area contributed by atoms with Crippen molar-refractivity contribution in [3.8, 4) is 5.75 Å². The van der Waals surface area contributed by atoms with Gasteiger partial charge in [0, 0.05) is 5.46 Å². The summed E-state index contributed by atoms with van der Waals surface area (Å²) >= 11 is 0. The molecule has 2 heterocycles. The zero-order valence-corrected chi connectivity index (χ0v) is 13.3. The fourth-order valence-electron chi connectivity index (χ4n) is 2.74. The minimum absolute atomic E-state index is 0.349. The molecule has 0 bridgehead atoms. The Bertz CT molecular complexity index is 555. The Balaban J connectivity index is 1.95. The largest absolute Gasteiger partial charge is 0.497 e. The minimum Gasteiger partial charge on any atom is -0.490 e. The minimum atomic E-state index is -0.691. The molecule has 0 aromatic heterocycles. The van der Waals surface area contributed by atoms with E-state index in [1.54, 1.807) is 6.07 Å². The Morgan fingerprint density at radius 2 is 1.76 bits per heavy atom. The van der Waals surface area contributed by atoms with Gasteiger partial charge in [0.05, 0.1) is 17.8 Å². The van der Waals surface area contributed by atoms with Crippen LogP contribution in [-0.4, -0.2) is 24.9 Å². The molecule has 0 spiro atoms. The van der Waals surface area contributed by atoms with E-state index in [9.17, 15) is 4.39 Å². The van der Waals surface area contributed by atoms with Crippen molar-refractivity contribution in [2.24, 2.45) is 5.92 Å². The summed E-state index contributed by atoms with van der Waals surface area (Å²) in [4.78, 5) is 0. The summed E-state index contributed by atoms with van der Waals surface area (Å²) in [5.74, 6) is 0.429. The fraction of sp³-hybridized carbons (Fsp3) is 0.625. The molecule has 5 heteroatoms. The quantitative estimate of drug-likeness (QED) is 0.745. The smallest absolute Gasteiger partial charge is 0.490 e. The van der Waals surface area contributed by atoms with Crippen molar-refractivity contribution in [1.29, 1.82) is 0 Å². The molecule has 1 atom stereocenters. The van der Waals surface area contributed by atoms with Crippen LogP contribution in [0.2, 0.25) is 0 Å². The van der Waals surface area contributed by atoms with Gasteiger partial charge in [0.15, 0.2) is 11.6 Å². The highest BCUT2D eigenvalue weighted by Gasteiger charge is 2.52. The highest BCUT2D eigenvalue weighted by Crippen LogP contribution is 2.37. The molecule has 0 amide bonds. The maximum absolute atomic E-state index is 14.8. The number of hydrogen-bond donors (Lipinski definition) is 0. The average molecular weight is 292 g/mol. The van der Waals surface area contributed by atoms with E-state index in [0.717, 1.165) is 12.0 Å². The van der Waals surface area contributed by atoms with Crippen molar-refractivity contribution < 1.29 is 18.4 Å². The number of rotatable bonds is 1. The van der Waals surface area contributed by atoms with Crippen molar-refractivity contribution in [3.05, 3.63) is 23.5 Å². The first-order valence-electron chi connectivity index (χ1n) is 7.51. The molecule has 21 heavy (non-hydrogen) atoms. The molecule has 1 aromatic carbocycles. The zero-order chi connectivity index (χ0) is 15.4. The molecule has 2 aliphatic rings. The molecule has 3 rings (SSSR count). The van der Waals surface area contributed by atoms with Gasteiger partial charge in [0.2, 0.25) is 0 Å². The van der Waals surface area contributed by atoms with E-state index in [1.807, 2.05) is 33.8 Å². The first kappa shape index (κ1) is 14.9. The highest BCUT2D eigenvalue weighted by molar-refractivity contribution is 6.62. The number of benzene rings is 1. The lowest BCUT2D eigenvalue weighted by Crippen LogP contribution is -2.41. The van der Waals surface area contributed by atoms with Gasteiger partial charge < -0.3 is 14.0 Å². The Labute approximate surface area is 125 Å². The van der Waals surface area contributed by atoms with Crippen LogP contribution in [0, 0.1) is 11.7 Å². The second kappa shape index (κ2) is 4.72. The molecule has 0 N–H and O–H groups in total. The number of hydrogen-bond acceptors (Lipinski definition) is 3. The maximum Gasteiger partial charge on any atom is 0.497 e. The van der Waals surface area contributed by atoms with Gasteiger partial charge in [-0.05, 0) is 45.6 Å². The monoisotopic (exact) mass is 292 g/mol. The predicted molar refractivity (Wildman–Crippen MR) is 80.5 cm³/mol. The molecule has 3 nitrogen and oxygen atoms in total. The van der Waals surface area contributed by atoms with Crippen LogP contribution in [0.3, 0.4) is 0 Å². The predicted octanol–water partition coefficient (Wildman–Crippen LogP) is 2.70. The van der Waals surface area contributed by atoms with Crippen molar-refractivity contribution in [2.45, 2.75) is 52.2 Å². The normalized spacial score (nSPS) is 26.4. The topological polar surface area (TPSA) is 27.7 Å². The number of halogens is 1. The van der Waals surface area contributed by atoms with Crippen LogP contribution >= 0.6 is 0 Å². The second-order valence-electron chi connectivity index (χ2n) is 7.17. The van der Waals surface area contributed by atoms with E-state index in [1.165, 1.54) is 0 Å². The molecule has 1 unspecified atom stereocenters. The summed E-state index contributed by atoms with van der Waals surface area (Å²) in [7, 11) is -0.691. The second-order valence-corrected chi connectivity index (χ2v) is 7.17. The third kappa shape index (κ3) is 2.36. The molecule has 1 saturated heterocycles. The molecule has 2 aliphatic heterocycles. The lowest BCUT2D eigenvalue weighted by Gasteiger charge is -2.32. The summed E-state index contributed by atoms with van der Waals surface area (Å²) in [5, 5.41) is 0. The third-order valence-electron chi connectivity index (χ3n) is 4.80. The highest BCUT2D eigenvalue weighted by atomic mass is 19.1. The van der Waals surface area contributed by atoms with Crippen LogP contribution in [0.25, 0.3) is 0 Å². The molecule has 1 aromatic rings. The summed E-state index contributed by atoms with van der Waals surface area (Å²) in [6.07, 6.45) is 0.843. The van der Waals surface area contributed by atoms with Crippen molar-refractivity contribution in [3.63, 3.8) is 0 Å². The number of fused-ring (bicyclic) bond motifs is 1. The van der Waals surface area contributed by atoms with Crippen LogP contribution in [0.15, 0.2) is 12.1 Å². The van der Waals surface area contributed by atoms with Gasteiger partial charge in [-0.25, -0.2) is 4.39 Å². The fourth-order valence-corrected chi connectivity index (χ4v) is 2.74. The van der Waals surface area contributed by atoms with Crippen LogP contribution in [-0.2, 0) is 15.7 Å². The van der Waals surface area contributed by atoms with Gasteiger partial charge in [-0.3, -0.25) is 0 Å². The molecule has 1 fully saturated rings. The summed E-state index contributed by atoms with van der Waals surface area (Å²) in [5.41, 5.74) is 0.388. The van der Waals surface area contributed by atoms with Crippen molar-refractivity contribution in [1.82, 2.24) is 0 Å². The standard InChI is InChI=1S/C16H22BFO3/c1-10-8-11-6-7-12(13(18)14(11)19-9-10)17-20-15(2,3)16(4,5)21-17/h6-7,10H,8-9H2,1-5H3. The molecule has 0 aliphatic carbocycles. The van der Waals surface area contributed by atoms with E-state index in [0.29, 0.717) is 23.7 Å².